The van der Waals surface area contributed by atoms with Crippen LogP contribution in [0.2, 0.25) is 19.6 Å². The van der Waals surface area contributed by atoms with Crippen LogP contribution in [0.15, 0.2) is 41.4 Å². The van der Waals surface area contributed by atoms with Crippen LogP contribution in [0, 0.1) is 0 Å². The zero-order valence-electron chi connectivity index (χ0n) is 10.7. The van der Waals surface area contributed by atoms with Crippen molar-refractivity contribution in [1.29, 1.82) is 0 Å². The normalized spacial score (nSPS) is 13.4. The van der Waals surface area contributed by atoms with Gasteiger partial charge in [-0.25, -0.2) is 0 Å². The number of hydrogen-bond donors (Lipinski definition) is 0. The first-order valence-electron chi connectivity index (χ1n) is 5.71. The number of benzene rings is 1. The average molecular weight is 231 g/mol. The minimum Gasteiger partial charge on any atom is -0.293 e. The molecule has 16 heavy (non-hydrogen) atoms. The molecule has 0 heterocycles. The van der Waals surface area contributed by atoms with Gasteiger partial charge in [-0.2, -0.15) is 0 Å². The van der Waals surface area contributed by atoms with Crippen molar-refractivity contribution in [1.82, 2.24) is 0 Å². The van der Waals surface area contributed by atoms with Gasteiger partial charge in [-0.05, 0) is 18.6 Å². The first-order valence-corrected chi connectivity index (χ1v) is 9.42. The molecule has 0 aromatic heterocycles. The van der Waals surface area contributed by atoms with Gasteiger partial charge in [0, 0.05) is 11.9 Å². The lowest BCUT2D eigenvalue weighted by atomic mass is 10.2. The molecular weight excluding hydrogens is 210 g/mol. The molecule has 0 unspecified atom stereocenters. The van der Waals surface area contributed by atoms with Gasteiger partial charge in [0.1, 0.15) is 0 Å². The highest BCUT2D eigenvalue weighted by atomic mass is 28.3. The zero-order chi connectivity index (χ0) is 12.0. The predicted octanol–water partition coefficient (Wildman–Crippen LogP) is 4.04. The number of nitrogens with zero attached hydrogens (tertiary/aromatic N) is 1. The summed E-state index contributed by atoms with van der Waals surface area (Å²) in [5.74, 6) is 0. The number of hydrogen-bond acceptors (Lipinski definition) is 1. The van der Waals surface area contributed by atoms with Crippen LogP contribution in [-0.2, 0) is 0 Å². The van der Waals surface area contributed by atoms with Gasteiger partial charge in [0.15, 0.2) is 0 Å². The van der Waals surface area contributed by atoms with E-state index < -0.39 is 8.07 Å². The quantitative estimate of drug-likeness (QED) is 0.548. The van der Waals surface area contributed by atoms with Gasteiger partial charge in [-0.1, -0.05) is 56.0 Å². The van der Waals surface area contributed by atoms with Crippen molar-refractivity contribution in [2.45, 2.75) is 26.6 Å². The van der Waals surface area contributed by atoms with Crippen LogP contribution in [0.5, 0.6) is 0 Å². The topological polar surface area (TPSA) is 12.4 Å². The summed E-state index contributed by atoms with van der Waals surface area (Å²) >= 11 is 0. The van der Waals surface area contributed by atoms with E-state index in [4.69, 9.17) is 0 Å². The highest BCUT2D eigenvalue weighted by molar-refractivity contribution is 6.76. The Morgan fingerprint density at radius 3 is 2.38 bits per heavy atom. The molecule has 0 amide bonds. The molecule has 0 fully saturated rings. The molecule has 1 aromatic rings. The summed E-state index contributed by atoms with van der Waals surface area (Å²) in [6.07, 6.45) is 5.22. The second-order valence-electron chi connectivity index (χ2n) is 5.26. The van der Waals surface area contributed by atoms with Gasteiger partial charge in [0.2, 0.25) is 0 Å². The molecule has 2 heteroatoms. The van der Waals surface area contributed by atoms with E-state index >= 15 is 0 Å². The summed E-state index contributed by atoms with van der Waals surface area (Å²) in [4.78, 5) is 4.60. The molecule has 0 aliphatic heterocycles. The van der Waals surface area contributed by atoms with E-state index in [1.54, 1.807) is 0 Å². The van der Waals surface area contributed by atoms with E-state index in [0.717, 1.165) is 11.9 Å². The monoisotopic (exact) mass is 231 g/mol. The summed E-state index contributed by atoms with van der Waals surface area (Å²) in [5, 5.41) is 0. The SMILES string of the molecule is CC(/C=C/c1ccccc1)=N\C[Si](C)(C)C. The lowest BCUT2D eigenvalue weighted by Gasteiger charge is -2.11. The number of rotatable bonds is 4. The molecule has 0 saturated carbocycles. The van der Waals surface area contributed by atoms with Crippen molar-refractivity contribution in [2.75, 3.05) is 6.17 Å². The minimum atomic E-state index is -1.05. The van der Waals surface area contributed by atoms with Crippen LogP contribution in [0.3, 0.4) is 0 Å². The second kappa shape index (κ2) is 5.80. The van der Waals surface area contributed by atoms with Gasteiger partial charge in [-0.3, -0.25) is 4.99 Å². The summed E-state index contributed by atoms with van der Waals surface area (Å²) in [7, 11) is -1.05. The molecule has 0 N–H and O–H groups in total. The van der Waals surface area contributed by atoms with Crippen LogP contribution in [-0.4, -0.2) is 20.0 Å². The largest absolute Gasteiger partial charge is 0.293 e. The highest BCUT2D eigenvalue weighted by Crippen LogP contribution is 2.03. The Bertz CT molecular complexity index is 371. The lowest BCUT2D eigenvalue weighted by molar-refractivity contribution is 1.28. The maximum atomic E-state index is 4.60. The molecule has 0 radical (unpaired) electrons. The van der Waals surface area contributed by atoms with E-state index in [-0.39, 0.29) is 0 Å². The highest BCUT2D eigenvalue weighted by Gasteiger charge is 2.10. The zero-order valence-corrected chi connectivity index (χ0v) is 11.7. The van der Waals surface area contributed by atoms with Crippen molar-refractivity contribution < 1.29 is 0 Å². The first-order chi connectivity index (χ1) is 7.47. The Labute approximate surface area is 99.9 Å². The van der Waals surface area contributed by atoms with Gasteiger partial charge >= 0.3 is 0 Å². The maximum absolute atomic E-state index is 4.60. The van der Waals surface area contributed by atoms with Crippen molar-refractivity contribution in [3.8, 4) is 0 Å². The van der Waals surface area contributed by atoms with Gasteiger partial charge in [0.25, 0.3) is 0 Å². The van der Waals surface area contributed by atoms with Crippen LogP contribution >= 0.6 is 0 Å². The minimum absolute atomic E-state index is 1.01. The second-order valence-corrected chi connectivity index (χ2v) is 10.7. The van der Waals surface area contributed by atoms with E-state index in [2.05, 4.69) is 55.8 Å². The Kier molecular flexibility index (Phi) is 4.68. The third-order valence-corrected chi connectivity index (χ3v) is 3.23. The predicted molar refractivity (Wildman–Crippen MR) is 76.8 cm³/mol. The molecule has 0 spiro atoms. The number of aliphatic imine (C=N–C) groups is 1. The molecule has 0 bridgehead atoms. The maximum Gasteiger partial charge on any atom is 0.0692 e. The third kappa shape index (κ3) is 5.66. The van der Waals surface area contributed by atoms with Gasteiger partial charge < -0.3 is 0 Å². The molecule has 1 aromatic carbocycles. The van der Waals surface area contributed by atoms with E-state index in [1.165, 1.54) is 5.56 Å². The van der Waals surface area contributed by atoms with Crippen LogP contribution in [0.1, 0.15) is 12.5 Å². The fourth-order valence-corrected chi connectivity index (χ4v) is 1.92. The smallest absolute Gasteiger partial charge is 0.0692 e. The van der Waals surface area contributed by atoms with Gasteiger partial charge in [0.05, 0.1) is 8.07 Å². The van der Waals surface area contributed by atoms with Crippen molar-refractivity contribution in [2.24, 2.45) is 4.99 Å². The summed E-state index contributed by atoms with van der Waals surface area (Å²) in [6, 6.07) is 10.3. The molecule has 0 atom stereocenters. The van der Waals surface area contributed by atoms with Crippen LogP contribution < -0.4 is 0 Å². The fraction of sp³-hybridized carbons (Fsp3) is 0.357. The number of allylic oxidation sites excluding steroid dienone is 1. The first kappa shape index (κ1) is 12.9. The van der Waals surface area contributed by atoms with Crippen molar-refractivity contribution >= 4 is 19.9 Å². The van der Waals surface area contributed by atoms with E-state index in [0.29, 0.717) is 0 Å². The third-order valence-electron chi connectivity index (χ3n) is 2.12. The Morgan fingerprint density at radius 1 is 1.19 bits per heavy atom. The van der Waals surface area contributed by atoms with E-state index in [9.17, 15) is 0 Å². The van der Waals surface area contributed by atoms with Crippen molar-refractivity contribution in [3.63, 3.8) is 0 Å². The summed E-state index contributed by atoms with van der Waals surface area (Å²) in [6.45, 7) is 9.08. The van der Waals surface area contributed by atoms with Crippen LogP contribution in [0.4, 0.5) is 0 Å². The molecular formula is C14H21NSi. The Balaban J connectivity index is 2.58. The van der Waals surface area contributed by atoms with Crippen LogP contribution in [0.25, 0.3) is 6.08 Å². The lowest BCUT2D eigenvalue weighted by Crippen LogP contribution is -2.25. The van der Waals surface area contributed by atoms with Crippen molar-refractivity contribution in [3.05, 3.63) is 42.0 Å². The standard InChI is InChI=1S/C14H21NSi/c1-13(15-12-16(2,3)4)10-11-14-8-6-5-7-9-14/h5-11H,12H2,1-4H3/b11-10+,15-13+. The molecule has 0 saturated heterocycles. The van der Waals surface area contributed by atoms with Gasteiger partial charge in [-0.15, -0.1) is 0 Å². The Morgan fingerprint density at radius 2 is 1.81 bits per heavy atom. The molecule has 86 valence electrons. The molecule has 0 aliphatic carbocycles. The average Bonchev–Trinajstić information content (AvgIpc) is 2.24. The fourth-order valence-electron chi connectivity index (χ4n) is 1.20. The molecule has 1 rings (SSSR count). The summed E-state index contributed by atoms with van der Waals surface area (Å²) in [5.41, 5.74) is 2.34. The summed E-state index contributed by atoms with van der Waals surface area (Å²) < 4.78 is 0. The molecule has 1 nitrogen and oxygen atoms in total. The molecule has 0 aliphatic rings. The Hall–Kier alpha value is -1.15. The van der Waals surface area contributed by atoms with E-state index in [1.807, 2.05) is 18.2 Å².